The highest BCUT2D eigenvalue weighted by atomic mass is 19.1. The summed E-state index contributed by atoms with van der Waals surface area (Å²) >= 11 is 0. The smallest absolute Gasteiger partial charge is 0.126 e. The summed E-state index contributed by atoms with van der Waals surface area (Å²) in [5, 5.41) is 39.8. The van der Waals surface area contributed by atoms with Crippen LogP contribution in [0, 0.1) is 5.82 Å². The molecular formula is C25H25FO5. The monoisotopic (exact) mass is 424 g/mol. The molecule has 0 aliphatic carbocycles. The summed E-state index contributed by atoms with van der Waals surface area (Å²) < 4.78 is 20.1. The van der Waals surface area contributed by atoms with Crippen molar-refractivity contribution >= 4 is 0 Å². The fraction of sp³-hybridized carbons (Fsp3) is 0.280. The Morgan fingerprint density at radius 1 is 0.774 bits per heavy atom. The van der Waals surface area contributed by atoms with Gasteiger partial charge in [0.15, 0.2) is 0 Å². The molecule has 5 nitrogen and oxygen atoms in total. The van der Waals surface area contributed by atoms with Gasteiger partial charge in [0.25, 0.3) is 0 Å². The minimum atomic E-state index is -1.48. The van der Waals surface area contributed by atoms with Crippen LogP contribution in [0.15, 0.2) is 72.8 Å². The first-order chi connectivity index (χ1) is 15.0. The van der Waals surface area contributed by atoms with E-state index in [1.807, 2.05) is 54.6 Å². The molecule has 1 fully saturated rings. The summed E-state index contributed by atoms with van der Waals surface area (Å²) in [7, 11) is 0. The lowest BCUT2D eigenvalue weighted by atomic mass is 9.90. The Hall–Kier alpha value is -2.61. The van der Waals surface area contributed by atoms with E-state index in [0.717, 1.165) is 16.7 Å². The maximum absolute atomic E-state index is 14.5. The number of rotatable bonds is 5. The molecule has 1 aliphatic heterocycles. The zero-order chi connectivity index (χ0) is 22.0. The third-order valence-corrected chi connectivity index (χ3v) is 5.75. The van der Waals surface area contributed by atoms with Gasteiger partial charge in [-0.05, 0) is 39.9 Å². The molecule has 1 saturated heterocycles. The Balaban J connectivity index is 1.56. The number of aliphatic hydroxyl groups excluding tert-OH is 4. The molecule has 0 unspecified atom stereocenters. The van der Waals surface area contributed by atoms with E-state index in [9.17, 15) is 24.8 Å². The Kier molecular flexibility index (Phi) is 6.46. The van der Waals surface area contributed by atoms with Crippen LogP contribution in [-0.2, 0) is 11.2 Å². The number of hydrogen-bond acceptors (Lipinski definition) is 5. The number of ether oxygens (including phenoxy) is 1. The number of aliphatic hydroxyl groups is 4. The first-order valence-electron chi connectivity index (χ1n) is 10.2. The van der Waals surface area contributed by atoms with Crippen molar-refractivity contribution in [2.45, 2.75) is 36.9 Å². The summed E-state index contributed by atoms with van der Waals surface area (Å²) in [4.78, 5) is 0. The largest absolute Gasteiger partial charge is 0.394 e. The highest BCUT2D eigenvalue weighted by molar-refractivity contribution is 5.63. The molecule has 0 spiro atoms. The van der Waals surface area contributed by atoms with Gasteiger partial charge in [0.1, 0.15) is 36.3 Å². The Morgan fingerprint density at radius 3 is 2.13 bits per heavy atom. The van der Waals surface area contributed by atoms with Gasteiger partial charge in [0.2, 0.25) is 0 Å². The van der Waals surface area contributed by atoms with Crippen molar-refractivity contribution in [2.24, 2.45) is 0 Å². The van der Waals surface area contributed by atoms with Gasteiger partial charge in [-0.3, -0.25) is 0 Å². The van der Waals surface area contributed by atoms with E-state index < -0.39 is 37.1 Å². The van der Waals surface area contributed by atoms with E-state index in [0.29, 0.717) is 17.5 Å². The van der Waals surface area contributed by atoms with Gasteiger partial charge in [-0.1, -0.05) is 60.7 Å². The van der Waals surface area contributed by atoms with Gasteiger partial charge in [0, 0.05) is 6.42 Å². The van der Waals surface area contributed by atoms with Crippen LogP contribution >= 0.6 is 0 Å². The first kappa shape index (κ1) is 21.6. The Bertz CT molecular complexity index is 1010. The van der Waals surface area contributed by atoms with Gasteiger partial charge in [0.05, 0.1) is 6.61 Å². The molecule has 162 valence electrons. The lowest BCUT2D eigenvalue weighted by Gasteiger charge is -2.40. The van der Waals surface area contributed by atoms with Crippen LogP contribution in [-0.4, -0.2) is 51.4 Å². The fourth-order valence-electron chi connectivity index (χ4n) is 3.95. The molecule has 3 aromatic carbocycles. The molecule has 5 atom stereocenters. The molecule has 1 aliphatic rings. The summed E-state index contributed by atoms with van der Waals surface area (Å²) in [6.45, 7) is -0.511. The SMILES string of the molecule is OC[C@H]1O[C@@H](c2ccc(F)c(Cc3ccc(-c4ccccc4)cc3)c2)[C@H](O)[C@@H](O)[C@@H]1O. The summed E-state index contributed by atoms with van der Waals surface area (Å²) in [6, 6.07) is 22.2. The van der Waals surface area contributed by atoms with Crippen molar-refractivity contribution in [1.29, 1.82) is 0 Å². The third-order valence-electron chi connectivity index (χ3n) is 5.75. The van der Waals surface area contributed by atoms with Gasteiger partial charge < -0.3 is 25.2 Å². The summed E-state index contributed by atoms with van der Waals surface area (Å²) in [6.07, 6.45) is -5.97. The van der Waals surface area contributed by atoms with Crippen LogP contribution in [0.25, 0.3) is 11.1 Å². The van der Waals surface area contributed by atoms with Crippen molar-refractivity contribution in [3.05, 3.63) is 95.3 Å². The Morgan fingerprint density at radius 2 is 1.45 bits per heavy atom. The quantitative estimate of drug-likeness (QED) is 0.506. The first-order valence-corrected chi connectivity index (χ1v) is 10.2. The van der Waals surface area contributed by atoms with Gasteiger partial charge in [-0.15, -0.1) is 0 Å². The van der Waals surface area contributed by atoms with Gasteiger partial charge in [-0.25, -0.2) is 4.39 Å². The van der Waals surface area contributed by atoms with E-state index in [4.69, 9.17) is 4.74 Å². The van der Waals surface area contributed by atoms with Gasteiger partial charge >= 0.3 is 0 Å². The van der Waals surface area contributed by atoms with Crippen molar-refractivity contribution < 1.29 is 29.6 Å². The number of benzene rings is 3. The lowest BCUT2D eigenvalue weighted by Crippen LogP contribution is -2.55. The van der Waals surface area contributed by atoms with Gasteiger partial charge in [-0.2, -0.15) is 0 Å². The topological polar surface area (TPSA) is 90.2 Å². The zero-order valence-electron chi connectivity index (χ0n) is 16.8. The van der Waals surface area contributed by atoms with Crippen LogP contribution in [0.3, 0.4) is 0 Å². The highest BCUT2D eigenvalue weighted by Crippen LogP contribution is 2.33. The maximum atomic E-state index is 14.5. The second-order valence-corrected chi connectivity index (χ2v) is 7.84. The molecule has 0 aromatic heterocycles. The van der Waals surface area contributed by atoms with E-state index >= 15 is 0 Å². The normalized spacial score (nSPS) is 26.0. The lowest BCUT2D eigenvalue weighted by molar-refractivity contribution is -0.231. The predicted octanol–water partition coefficient (Wildman–Crippen LogP) is 2.60. The molecular weight excluding hydrogens is 399 g/mol. The van der Waals surface area contributed by atoms with E-state index in [2.05, 4.69) is 0 Å². The fourth-order valence-corrected chi connectivity index (χ4v) is 3.95. The van der Waals surface area contributed by atoms with E-state index in [1.165, 1.54) is 12.1 Å². The van der Waals surface area contributed by atoms with Crippen molar-refractivity contribution in [1.82, 2.24) is 0 Å². The van der Waals surface area contributed by atoms with E-state index in [1.54, 1.807) is 6.07 Å². The van der Waals surface area contributed by atoms with Crippen LogP contribution in [0.4, 0.5) is 4.39 Å². The minimum absolute atomic E-state index is 0.339. The molecule has 1 heterocycles. The third kappa shape index (κ3) is 4.54. The highest BCUT2D eigenvalue weighted by Gasteiger charge is 2.44. The van der Waals surface area contributed by atoms with Crippen molar-refractivity contribution in [3.8, 4) is 11.1 Å². The molecule has 0 radical (unpaired) electrons. The summed E-state index contributed by atoms with van der Waals surface area (Å²) in [5.74, 6) is -0.388. The minimum Gasteiger partial charge on any atom is -0.394 e. The second kappa shape index (κ2) is 9.26. The molecule has 3 aromatic rings. The van der Waals surface area contributed by atoms with Crippen LogP contribution in [0.5, 0.6) is 0 Å². The average Bonchev–Trinajstić information content (AvgIpc) is 2.80. The average molecular weight is 424 g/mol. The number of hydrogen-bond donors (Lipinski definition) is 4. The summed E-state index contributed by atoms with van der Waals surface area (Å²) in [5.41, 5.74) is 3.98. The van der Waals surface area contributed by atoms with Crippen LogP contribution in [0.1, 0.15) is 22.8 Å². The molecule has 4 rings (SSSR count). The predicted molar refractivity (Wildman–Crippen MR) is 114 cm³/mol. The molecule has 0 bridgehead atoms. The standard InChI is InChI=1S/C25H25FO5/c26-20-11-10-18(25-24(30)23(29)22(28)21(14-27)31-25)13-19(20)12-15-6-8-17(9-7-15)16-4-2-1-3-5-16/h1-11,13,21-25,27-30H,12,14H2/t21-,22-,23+,24-,25+/m1/s1. The molecule has 4 N–H and O–H groups in total. The maximum Gasteiger partial charge on any atom is 0.126 e. The van der Waals surface area contributed by atoms with Crippen LogP contribution < -0.4 is 0 Å². The van der Waals surface area contributed by atoms with Crippen molar-refractivity contribution in [2.75, 3.05) is 6.61 Å². The molecule has 31 heavy (non-hydrogen) atoms. The van der Waals surface area contributed by atoms with E-state index in [-0.39, 0.29) is 5.82 Å². The molecule has 0 amide bonds. The molecule has 0 saturated carbocycles. The van der Waals surface area contributed by atoms with Crippen LogP contribution in [0.2, 0.25) is 0 Å². The molecule has 6 heteroatoms. The number of halogens is 1. The Labute approximate surface area is 180 Å². The second-order valence-electron chi connectivity index (χ2n) is 7.84. The zero-order valence-corrected chi connectivity index (χ0v) is 16.8. The van der Waals surface area contributed by atoms with Crippen molar-refractivity contribution in [3.63, 3.8) is 0 Å².